The van der Waals surface area contributed by atoms with Crippen LogP contribution in [0.15, 0.2) is 24.3 Å². The minimum Gasteiger partial charge on any atom is -0.392 e. The quantitative estimate of drug-likeness (QED) is 0.893. The van der Waals surface area contributed by atoms with Gasteiger partial charge in [-0.2, -0.15) is 13.2 Å². The van der Waals surface area contributed by atoms with E-state index in [1.807, 2.05) is 0 Å². The van der Waals surface area contributed by atoms with Gasteiger partial charge in [0.1, 0.15) is 0 Å². The molecule has 1 amide bonds. The van der Waals surface area contributed by atoms with Crippen LogP contribution in [0.5, 0.6) is 0 Å². The minimum atomic E-state index is -4.41. The molecule has 0 bridgehead atoms. The van der Waals surface area contributed by atoms with Gasteiger partial charge >= 0.3 is 6.18 Å². The number of carbonyl (C=O) groups excluding carboxylic acids is 1. The lowest BCUT2D eigenvalue weighted by Gasteiger charge is -2.30. The van der Waals surface area contributed by atoms with Crippen LogP contribution in [0.25, 0.3) is 0 Å². The maximum atomic E-state index is 12.9. The predicted molar refractivity (Wildman–Crippen MR) is 83.8 cm³/mol. The number of likely N-dealkylation sites (tertiary alicyclic amines) is 1. The lowest BCUT2D eigenvalue weighted by atomic mass is 10.0. The molecule has 0 aliphatic carbocycles. The van der Waals surface area contributed by atoms with Crippen molar-refractivity contribution < 1.29 is 27.8 Å². The number of aliphatic hydroxyl groups excluding tert-OH is 1. The fourth-order valence-electron chi connectivity index (χ4n) is 3.41. The Hall–Kier alpha value is -1.64. The number of hydrogen-bond acceptors (Lipinski definition) is 4. The molecule has 2 aliphatic heterocycles. The standard InChI is InChI=1S/C17H21F3N2O3/c18-17(19,20)13-3-1-2-12(8-13)15-9-14(23)10-22(15)11-16(24)21-4-6-25-7-5-21/h1-3,8,14-15,23H,4-7,9-11H2/t14-,15-/m0/s1. The van der Waals surface area contributed by atoms with Crippen LogP contribution in [0.3, 0.4) is 0 Å². The first-order valence-corrected chi connectivity index (χ1v) is 8.29. The molecular weight excluding hydrogens is 337 g/mol. The smallest absolute Gasteiger partial charge is 0.392 e. The normalized spacial score (nSPS) is 25.4. The van der Waals surface area contributed by atoms with Gasteiger partial charge in [-0.25, -0.2) is 0 Å². The molecule has 0 saturated carbocycles. The number of alkyl halides is 3. The highest BCUT2D eigenvalue weighted by Gasteiger charge is 2.36. The van der Waals surface area contributed by atoms with Crippen LogP contribution in [-0.2, 0) is 15.7 Å². The average molecular weight is 358 g/mol. The predicted octanol–water partition coefficient (Wildman–Crippen LogP) is 1.67. The van der Waals surface area contributed by atoms with Crippen molar-refractivity contribution in [3.8, 4) is 0 Å². The minimum absolute atomic E-state index is 0.0813. The van der Waals surface area contributed by atoms with Gasteiger partial charge in [0, 0.05) is 25.7 Å². The van der Waals surface area contributed by atoms with E-state index in [1.54, 1.807) is 15.9 Å². The van der Waals surface area contributed by atoms with Gasteiger partial charge in [0.05, 0.1) is 31.4 Å². The Balaban J connectivity index is 1.74. The van der Waals surface area contributed by atoms with Gasteiger partial charge in [0.2, 0.25) is 5.91 Å². The van der Waals surface area contributed by atoms with Crippen molar-refractivity contribution in [1.82, 2.24) is 9.80 Å². The summed E-state index contributed by atoms with van der Waals surface area (Å²) in [5.74, 6) is -0.0885. The molecule has 0 unspecified atom stereocenters. The Morgan fingerprint density at radius 3 is 2.68 bits per heavy atom. The van der Waals surface area contributed by atoms with Gasteiger partial charge in [-0.05, 0) is 24.1 Å². The zero-order valence-electron chi connectivity index (χ0n) is 13.7. The summed E-state index contributed by atoms with van der Waals surface area (Å²) in [5, 5.41) is 9.97. The second-order valence-electron chi connectivity index (χ2n) is 6.45. The lowest BCUT2D eigenvalue weighted by Crippen LogP contribution is -2.45. The first kappa shape index (κ1) is 18.2. The lowest BCUT2D eigenvalue weighted by molar-refractivity contribution is -0.138. The molecule has 8 heteroatoms. The number of ether oxygens (including phenoxy) is 1. The van der Waals surface area contributed by atoms with Gasteiger partial charge < -0.3 is 14.7 Å². The Kier molecular flexibility index (Phi) is 5.31. The number of rotatable bonds is 3. The molecule has 138 valence electrons. The number of carbonyl (C=O) groups is 1. The van der Waals surface area contributed by atoms with E-state index in [0.29, 0.717) is 38.3 Å². The summed E-state index contributed by atoms with van der Waals surface area (Å²) in [6, 6.07) is 4.71. The van der Waals surface area contributed by atoms with Crippen LogP contribution in [0.4, 0.5) is 13.2 Å². The second kappa shape index (κ2) is 7.31. The summed E-state index contributed by atoms with van der Waals surface area (Å²) in [7, 11) is 0. The summed E-state index contributed by atoms with van der Waals surface area (Å²) in [6.45, 7) is 2.37. The monoisotopic (exact) mass is 358 g/mol. The Labute approximate surface area is 144 Å². The third-order valence-corrected chi connectivity index (χ3v) is 4.68. The summed E-state index contributed by atoms with van der Waals surface area (Å²) in [4.78, 5) is 15.9. The molecule has 5 nitrogen and oxygen atoms in total. The molecule has 0 spiro atoms. The van der Waals surface area contributed by atoms with Crippen molar-refractivity contribution in [2.45, 2.75) is 24.7 Å². The van der Waals surface area contributed by atoms with E-state index in [9.17, 15) is 23.1 Å². The Bertz CT molecular complexity index is 617. The molecule has 2 aliphatic rings. The molecule has 0 aromatic heterocycles. The molecule has 2 heterocycles. The molecular formula is C17H21F3N2O3. The molecule has 1 N–H and O–H groups in total. The molecule has 0 radical (unpaired) electrons. The maximum Gasteiger partial charge on any atom is 0.416 e. The highest BCUT2D eigenvalue weighted by Crippen LogP contribution is 2.36. The van der Waals surface area contributed by atoms with Crippen LogP contribution in [-0.4, -0.2) is 66.3 Å². The van der Waals surface area contributed by atoms with Crippen molar-refractivity contribution in [2.24, 2.45) is 0 Å². The maximum absolute atomic E-state index is 12.9. The third-order valence-electron chi connectivity index (χ3n) is 4.68. The number of nitrogens with zero attached hydrogens (tertiary/aromatic N) is 2. The van der Waals surface area contributed by atoms with E-state index in [2.05, 4.69) is 0 Å². The molecule has 2 atom stereocenters. The number of aliphatic hydroxyl groups is 1. The first-order valence-electron chi connectivity index (χ1n) is 8.29. The highest BCUT2D eigenvalue weighted by molar-refractivity contribution is 5.78. The topological polar surface area (TPSA) is 53.0 Å². The van der Waals surface area contributed by atoms with Crippen LogP contribution in [0, 0.1) is 0 Å². The number of hydrogen-bond donors (Lipinski definition) is 1. The molecule has 1 aromatic carbocycles. The van der Waals surface area contributed by atoms with Gasteiger partial charge in [-0.15, -0.1) is 0 Å². The Morgan fingerprint density at radius 1 is 1.28 bits per heavy atom. The van der Waals surface area contributed by atoms with Crippen molar-refractivity contribution in [3.63, 3.8) is 0 Å². The van der Waals surface area contributed by atoms with E-state index < -0.39 is 23.9 Å². The number of halogens is 3. The third kappa shape index (κ3) is 4.31. The van der Waals surface area contributed by atoms with Gasteiger partial charge in [0.25, 0.3) is 0 Å². The SMILES string of the molecule is O=C(CN1C[C@@H](O)C[C@H]1c1cccc(C(F)(F)F)c1)N1CCOCC1. The van der Waals surface area contributed by atoms with Crippen LogP contribution < -0.4 is 0 Å². The molecule has 1 aromatic rings. The fraction of sp³-hybridized carbons (Fsp3) is 0.588. The van der Waals surface area contributed by atoms with Crippen molar-refractivity contribution >= 4 is 5.91 Å². The summed E-state index contributed by atoms with van der Waals surface area (Å²) < 4.78 is 44.1. The van der Waals surface area contributed by atoms with Crippen LogP contribution in [0.1, 0.15) is 23.6 Å². The largest absolute Gasteiger partial charge is 0.416 e. The summed E-state index contributed by atoms with van der Waals surface area (Å²) >= 11 is 0. The van der Waals surface area contributed by atoms with E-state index in [-0.39, 0.29) is 19.0 Å². The average Bonchev–Trinajstić information content (AvgIpc) is 2.95. The zero-order chi connectivity index (χ0) is 18.0. The van der Waals surface area contributed by atoms with Crippen molar-refractivity contribution in [1.29, 1.82) is 0 Å². The number of benzene rings is 1. The molecule has 25 heavy (non-hydrogen) atoms. The zero-order valence-corrected chi connectivity index (χ0v) is 13.7. The van der Waals surface area contributed by atoms with Crippen LogP contribution in [0.2, 0.25) is 0 Å². The molecule has 2 saturated heterocycles. The van der Waals surface area contributed by atoms with E-state index >= 15 is 0 Å². The van der Waals surface area contributed by atoms with E-state index in [4.69, 9.17) is 4.74 Å². The number of amides is 1. The van der Waals surface area contributed by atoms with Crippen molar-refractivity contribution in [2.75, 3.05) is 39.4 Å². The van der Waals surface area contributed by atoms with E-state index in [1.165, 1.54) is 6.07 Å². The van der Waals surface area contributed by atoms with E-state index in [0.717, 1.165) is 12.1 Å². The molecule has 3 rings (SSSR count). The second-order valence-corrected chi connectivity index (χ2v) is 6.45. The summed E-state index contributed by atoms with van der Waals surface area (Å²) in [6.07, 6.45) is -4.75. The summed E-state index contributed by atoms with van der Waals surface area (Å²) in [5.41, 5.74) is -0.244. The van der Waals surface area contributed by atoms with Gasteiger partial charge in [-0.1, -0.05) is 12.1 Å². The Morgan fingerprint density at radius 2 is 2.00 bits per heavy atom. The number of β-amino-alcohol motifs (C(OH)–C–C–N with tert-alkyl or cyclic N) is 1. The van der Waals surface area contributed by atoms with Crippen LogP contribution >= 0.6 is 0 Å². The first-order chi connectivity index (χ1) is 11.8. The van der Waals surface area contributed by atoms with Gasteiger partial charge in [-0.3, -0.25) is 9.69 Å². The van der Waals surface area contributed by atoms with Gasteiger partial charge in [0.15, 0.2) is 0 Å². The number of morpholine rings is 1. The fourth-order valence-corrected chi connectivity index (χ4v) is 3.41. The van der Waals surface area contributed by atoms with Crippen molar-refractivity contribution in [3.05, 3.63) is 35.4 Å². The highest BCUT2D eigenvalue weighted by atomic mass is 19.4. The molecule has 2 fully saturated rings.